The van der Waals surface area contributed by atoms with Gasteiger partial charge in [0.1, 0.15) is 5.76 Å². The molecular weight excluding hydrogens is 425 g/mol. The molecule has 0 unspecified atom stereocenters. The number of aromatic nitrogens is 2. The minimum absolute atomic E-state index is 0.0213. The largest absolute Gasteiger partial charge is 0.454 e. The Balaban J connectivity index is 1.62. The van der Waals surface area contributed by atoms with E-state index >= 15 is 0 Å². The quantitative estimate of drug-likeness (QED) is 0.608. The van der Waals surface area contributed by atoms with Gasteiger partial charge in [-0.1, -0.05) is 12.1 Å². The van der Waals surface area contributed by atoms with Crippen molar-refractivity contribution >= 4 is 15.9 Å². The molecule has 0 saturated heterocycles. The minimum Gasteiger partial charge on any atom is -0.454 e. The molecule has 0 saturated carbocycles. The fourth-order valence-corrected chi connectivity index (χ4v) is 3.12. The fraction of sp³-hybridized carbons (Fsp3) is 0.222. The zero-order valence-electron chi connectivity index (χ0n) is 15.6. The summed E-state index contributed by atoms with van der Waals surface area (Å²) in [6.07, 6.45) is -4.54. The number of nitrogens with two attached hydrogens (primary N) is 1. The average Bonchev–Trinajstić information content (AvgIpc) is 3.27. The van der Waals surface area contributed by atoms with E-state index in [0.717, 1.165) is 10.7 Å². The van der Waals surface area contributed by atoms with E-state index in [2.05, 4.69) is 10.4 Å². The zero-order valence-corrected chi connectivity index (χ0v) is 16.4. The number of sulfonamides is 1. The molecule has 0 bridgehead atoms. The molecule has 0 aliphatic heterocycles. The van der Waals surface area contributed by atoms with Crippen LogP contribution < -0.4 is 10.5 Å². The second-order valence-corrected chi connectivity index (χ2v) is 8.03. The molecule has 1 amide bonds. The first-order valence-electron chi connectivity index (χ1n) is 8.54. The van der Waals surface area contributed by atoms with Crippen molar-refractivity contribution in [2.75, 3.05) is 0 Å². The second kappa shape index (κ2) is 7.95. The molecule has 3 aromatic rings. The number of alkyl halides is 3. The Morgan fingerprint density at radius 1 is 1.20 bits per heavy atom. The number of carbonyl (C=O) groups excluding carboxylic acids is 1. The van der Waals surface area contributed by atoms with Gasteiger partial charge in [0.15, 0.2) is 11.5 Å². The highest BCUT2D eigenvalue weighted by atomic mass is 32.2. The van der Waals surface area contributed by atoms with Crippen molar-refractivity contribution in [2.45, 2.75) is 31.1 Å². The number of benzene rings is 1. The van der Waals surface area contributed by atoms with Crippen LogP contribution in [0.15, 0.2) is 51.8 Å². The number of amides is 1. The lowest BCUT2D eigenvalue weighted by Crippen LogP contribution is -2.22. The summed E-state index contributed by atoms with van der Waals surface area (Å²) in [7, 11) is -3.80. The molecule has 30 heavy (non-hydrogen) atoms. The molecular formula is C18H17F3N4O4S. The Morgan fingerprint density at radius 3 is 2.43 bits per heavy atom. The van der Waals surface area contributed by atoms with Crippen LogP contribution in [0, 0.1) is 6.92 Å². The van der Waals surface area contributed by atoms with Crippen molar-refractivity contribution in [3.8, 4) is 0 Å². The highest BCUT2D eigenvalue weighted by molar-refractivity contribution is 7.89. The lowest BCUT2D eigenvalue weighted by atomic mass is 10.2. The SMILES string of the molecule is Cc1cc(C(F)(F)F)nn1Cc1ccc(C(=O)NCc2ccc(S(N)(=O)=O)cc2)o1. The molecule has 0 radical (unpaired) electrons. The van der Waals surface area contributed by atoms with Crippen molar-refractivity contribution in [1.82, 2.24) is 15.1 Å². The standard InChI is InChI=1S/C18H17F3N4O4S/c1-11-8-16(18(19,20)21)24-25(11)10-13-4-7-15(29-13)17(26)23-9-12-2-5-14(6-3-12)30(22,27)28/h2-8H,9-10H2,1H3,(H,23,26)(H2,22,27,28). The van der Waals surface area contributed by atoms with Crippen molar-refractivity contribution in [3.63, 3.8) is 0 Å². The summed E-state index contributed by atoms with van der Waals surface area (Å²) in [5.74, 6) is -0.297. The zero-order chi connectivity index (χ0) is 22.1. The van der Waals surface area contributed by atoms with Gasteiger partial charge in [0, 0.05) is 12.2 Å². The molecule has 2 heterocycles. The number of rotatable bonds is 6. The molecule has 0 atom stereocenters. The van der Waals surface area contributed by atoms with Crippen LogP contribution in [0.4, 0.5) is 13.2 Å². The van der Waals surface area contributed by atoms with Crippen molar-refractivity contribution in [2.24, 2.45) is 5.14 Å². The van der Waals surface area contributed by atoms with E-state index < -0.39 is 27.8 Å². The van der Waals surface area contributed by atoms with E-state index in [0.29, 0.717) is 11.3 Å². The third kappa shape index (κ3) is 5.07. The van der Waals surface area contributed by atoms with Crippen LogP contribution in [0.25, 0.3) is 0 Å². The summed E-state index contributed by atoms with van der Waals surface area (Å²) >= 11 is 0. The van der Waals surface area contributed by atoms with Gasteiger partial charge >= 0.3 is 6.18 Å². The molecule has 8 nitrogen and oxygen atoms in total. The van der Waals surface area contributed by atoms with Crippen LogP contribution in [0.2, 0.25) is 0 Å². The van der Waals surface area contributed by atoms with Gasteiger partial charge in [0.05, 0.1) is 11.4 Å². The van der Waals surface area contributed by atoms with Gasteiger partial charge < -0.3 is 9.73 Å². The monoisotopic (exact) mass is 442 g/mol. The molecule has 12 heteroatoms. The van der Waals surface area contributed by atoms with Crippen molar-refractivity contribution in [3.05, 3.63) is 70.9 Å². The van der Waals surface area contributed by atoms with E-state index in [4.69, 9.17) is 9.56 Å². The van der Waals surface area contributed by atoms with Crippen LogP contribution in [0.3, 0.4) is 0 Å². The highest BCUT2D eigenvalue weighted by Crippen LogP contribution is 2.28. The van der Waals surface area contributed by atoms with E-state index in [1.165, 1.54) is 43.3 Å². The van der Waals surface area contributed by atoms with Crippen LogP contribution in [0.5, 0.6) is 0 Å². The van der Waals surface area contributed by atoms with Crippen LogP contribution in [0.1, 0.15) is 33.3 Å². The van der Waals surface area contributed by atoms with E-state index in [1.807, 2.05) is 0 Å². The van der Waals surface area contributed by atoms with E-state index in [-0.39, 0.29) is 29.5 Å². The fourth-order valence-electron chi connectivity index (χ4n) is 2.61. The van der Waals surface area contributed by atoms with Crippen LogP contribution in [-0.4, -0.2) is 24.1 Å². The molecule has 0 aliphatic carbocycles. The summed E-state index contributed by atoms with van der Waals surface area (Å²) in [6.45, 7) is 1.52. The maximum absolute atomic E-state index is 12.7. The molecule has 160 valence electrons. The number of carbonyl (C=O) groups is 1. The summed E-state index contributed by atoms with van der Waals surface area (Å²) in [5.41, 5.74) is -0.0694. The minimum atomic E-state index is -4.54. The van der Waals surface area contributed by atoms with E-state index in [1.54, 1.807) is 0 Å². The van der Waals surface area contributed by atoms with Gasteiger partial charge in [-0.3, -0.25) is 9.48 Å². The maximum atomic E-state index is 12.7. The van der Waals surface area contributed by atoms with Gasteiger partial charge in [0.2, 0.25) is 10.0 Å². The van der Waals surface area contributed by atoms with Crippen LogP contribution in [-0.2, 0) is 29.3 Å². The molecule has 1 aromatic carbocycles. The highest BCUT2D eigenvalue weighted by Gasteiger charge is 2.34. The van der Waals surface area contributed by atoms with Gasteiger partial charge in [-0.05, 0) is 42.8 Å². The van der Waals surface area contributed by atoms with Gasteiger partial charge in [-0.2, -0.15) is 18.3 Å². The molecule has 3 rings (SSSR count). The van der Waals surface area contributed by atoms with Gasteiger partial charge in [-0.25, -0.2) is 13.6 Å². The first-order valence-corrected chi connectivity index (χ1v) is 10.1. The third-order valence-corrected chi connectivity index (χ3v) is 5.10. The second-order valence-electron chi connectivity index (χ2n) is 6.46. The lowest BCUT2D eigenvalue weighted by Gasteiger charge is -2.05. The molecule has 2 aromatic heterocycles. The number of hydrogen-bond donors (Lipinski definition) is 2. The number of aryl methyl sites for hydroxylation is 1. The smallest absolute Gasteiger partial charge is 0.435 e. The summed E-state index contributed by atoms with van der Waals surface area (Å²) in [4.78, 5) is 12.2. The number of halogens is 3. The summed E-state index contributed by atoms with van der Waals surface area (Å²) in [5, 5.41) is 11.1. The van der Waals surface area contributed by atoms with Gasteiger partial charge in [0.25, 0.3) is 5.91 Å². The first kappa shape index (κ1) is 21.6. The van der Waals surface area contributed by atoms with Crippen LogP contribution >= 0.6 is 0 Å². The predicted octanol–water partition coefficient (Wildman–Crippen LogP) is 2.43. The summed E-state index contributed by atoms with van der Waals surface area (Å²) in [6, 6.07) is 9.46. The molecule has 3 N–H and O–H groups in total. The Kier molecular flexibility index (Phi) is 5.72. The predicted molar refractivity (Wildman–Crippen MR) is 98.8 cm³/mol. The molecule has 0 fully saturated rings. The van der Waals surface area contributed by atoms with Crippen molar-refractivity contribution in [1.29, 1.82) is 0 Å². The Labute approximate surface area is 169 Å². The topological polar surface area (TPSA) is 120 Å². The number of nitrogens with zero attached hydrogens (tertiary/aromatic N) is 2. The lowest BCUT2D eigenvalue weighted by molar-refractivity contribution is -0.141. The average molecular weight is 442 g/mol. The number of hydrogen-bond acceptors (Lipinski definition) is 5. The third-order valence-electron chi connectivity index (χ3n) is 4.17. The number of nitrogens with one attached hydrogen (secondary N) is 1. The normalized spacial score (nSPS) is 12.2. The Bertz CT molecular complexity index is 1170. The Hall–Kier alpha value is -3.12. The number of primary sulfonamides is 1. The molecule has 0 spiro atoms. The van der Waals surface area contributed by atoms with E-state index in [9.17, 15) is 26.4 Å². The maximum Gasteiger partial charge on any atom is 0.435 e. The number of furan rings is 1. The van der Waals surface area contributed by atoms with Gasteiger partial charge in [-0.15, -0.1) is 0 Å². The first-order chi connectivity index (χ1) is 13.9. The molecule has 0 aliphatic rings. The summed E-state index contributed by atoms with van der Waals surface area (Å²) < 4.78 is 67.2. The Morgan fingerprint density at radius 2 is 1.87 bits per heavy atom. The van der Waals surface area contributed by atoms with Crippen molar-refractivity contribution < 1.29 is 30.8 Å².